The highest BCUT2D eigenvalue weighted by atomic mass is 16.3. The van der Waals surface area contributed by atoms with Crippen molar-refractivity contribution in [3.8, 4) is 5.75 Å². The molecule has 0 aliphatic carbocycles. The van der Waals surface area contributed by atoms with Gasteiger partial charge < -0.3 is 5.11 Å². The van der Waals surface area contributed by atoms with Crippen LogP contribution in [-0.2, 0) is 0 Å². The average Bonchev–Trinajstić information content (AvgIpc) is 2.73. The molecule has 0 aliphatic rings. The Bertz CT molecular complexity index is 1120. The van der Waals surface area contributed by atoms with Gasteiger partial charge in [0.1, 0.15) is 5.69 Å². The maximum atomic E-state index is 10.5. The third kappa shape index (κ3) is 3.88. The number of benzene rings is 4. The van der Waals surface area contributed by atoms with E-state index in [-0.39, 0.29) is 5.75 Å². The van der Waals surface area contributed by atoms with Crippen molar-refractivity contribution in [1.82, 2.24) is 0 Å². The summed E-state index contributed by atoms with van der Waals surface area (Å²) >= 11 is 0. The number of hydrogen-bond acceptors (Lipinski definition) is 5. The van der Waals surface area contributed by atoms with Crippen LogP contribution in [0.25, 0.3) is 10.8 Å². The minimum absolute atomic E-state index is 0.0960. The fourth-order valence-corrected chi connectivity index (χ4v) is 2.65. The fourth-order valence-electron chi connectivity index (χ4n) is 2.65. The van der Waals surface area contributed by atoms with Crippen LogP contribution in [0.4, 0.5) is 22.7 Å². The maximum Gasteiger partial charge on any atom is 0.150 e. The molecular weight excluding hydrogens is 336 g/mol. The van der Waals surface area contributed by atoms with Gasteiger partial charge in [0, 0.05) is 5.39 Å². The summed E-state index contributed by atoms with van der Waals surface area (Å²) in [6.07, 6.45) is 0. The van der Waals surface area contributed by atoms with Crippen molar-refractivity contribution in [2.45, 2.75) is 0 Å². The van der Waals surface area contributed by atoms with Gasteiger partial charge in [-0.3, -0.25) is 0 Å². The van der Waals surface area contributed by atoms with E-state index in [0.29, 0.717) is 16.8 Å². The standard InChI is InChI=1S/C22H16N4O/c27-22-20-13-12-19(25-23-17-7-3-1-4-8-17)15-16(20)11-14-21(22)26-24-18-9-5-2-6-10-18/h1-15,27H. The Morgan fingerprint density at radius 2 is 1.11 bits per heavy atom. The molecular formula is C22H16N4O. The van der Waals surface area contributed by atoms with E-state index in [2.05, 4.69) is 20.5 Å². The molecule has 0 atom stereocenters. The lowest BCUT2D eigenvalue weighted by Gasteiger charge is -2.04. The van der Waals surface area contributed by atoms with Crippen LogP contribution in [0.1, 0.15) is 0 Å². The van der Waals surface area contributed by atoms with Gasteiger partial charge in [0.25, 0.3) is 0 Å². The topological polar surface area (TPSA) is 69.7 Å². The minimum atomic E-state index is 0.0960. The average molecular weight is 352 g/mol. The molecule has 4 aromatic rings. The lowest BCUT2D eigenvalue weighted by atomic mass is 10.1. The Balaban J connectivity index is 1.62. The van der Waals surface area contributed by atoms with Crippen LogP contribution in [0.5, 0.6) is 5.75 Å². The molecule has 5 nitrogen and oxygen atoms in total. The van der Waals surface area contributed by atoms with E-state index in [1.54, 1.807) is 6.07 Å². The summed E-state index contributed by atoms with van der Waals surface area (Å²) in [6, 6.07) is 28.1. The second kappa shape index (κ2) is 7.58. The Morgan fingerprint density at radius 1 is 0.519 bits per heavy atom. The normalized spacial score (nSPS) is 11.6. The number of rotatable bonds is 4. The number of aromatic hydroxyl groups is 1. The summed E-state index contributed by atoms with van der Waals surface area (Å²) in [7, 11) is 0. The third-order valence-electron chi connectivity index (χ3n) is 4.02. The lowest BCUT2D eigenvalue weighted by Crippen LogP contribution is -1.75. The van der Waals surface area contributed by atoms with Crippen LogP contribution in [0.2, 0.25) is 0 Å². The number of nitrogens with zero attached hydrogens (tertiary/aromatic N) is 4. The van der Waals surface area contributed by atoms with Gasteiger partial charge in [0.15, 0.2) is 5.75 Å². The monoisotopic (exact) mass is 352 g/mol. The molecule has 0 bridgehead atoms. The van der Waals surface area contributed by atoms with E-state index in [4.69, 9.17) is 0 Å². The van der Waals surface area contributed by atoms with Crippen molar-refractivity contribution >= 4 is 33.5 Å². The van der Waals surface area contributed by atoms with Gasteiger partial charge in [-0.1, -0.05) is 42.5 Å². The molecule has 0 heterocycles. The van der Waals surface area contributed by atoms with Gasteiger partial charge in [0.05, 0.1) is 17.1 Å². The summed E-state index contributed by atoms with van der Waals surface area (Å²) in [5, 5.41) is 28.9. The zero-order valence-electron chi connectivity index (χ0n) is 14.4. The molecule has 0 saturated heterocycles. The molecule has 0 aliphatic heterocycles. The molecule has 1 N–H and O–H groups in total. The van der Waals surface area contributed by atoms with Crippen molar-refractivity contribution in [2.24, 2.45) is 20.5 Å². The predicted molar refractivity (Wildman–Crippen MR) is 107 cm³/mol. The third-order valence-corrected chi connectivity index (χ3v) is 4.02. The highest BCUT2D eigenvalue weighted by molar-refractivity contribution is 5.94. The number of hydrogen-bond donors (Lipinski definition) is 1. The molecule has 0 amide bonds. The van der Waals surface area contributed by atoms with E-state index in [9.17, 15) is 5.11 Å². The molecule has 0 saturated carbocycles. The highest BCUT2D eigenvalue weighted by Crippen LogP contribution is 2.37. The number of azo groups is 2. The second-order valence-corrected chi connectivity index (χ2v) is 5.91. The lowest BCUT2D eigenvalue weighted by molar-refractivity contribution is 0.482. The quantitative estimate of drug-likeness (QED) is 0.382. The van der Waals surface area contributed by atoms with E-state index in [1.807, 2.05) is 84.9 Å². The zero-order valence-corrected chi connectivity index (χ0v) is 14.4. The molecule has 4 aromatic carbocycles. The maximum absolute atomic E-state index is 10.5. The second-order valence-electron chi connectivity index (χ2n) is 5.91. The van der Waals surface area contributed by atoms with Gasteiger partial charge in [-0.15, -0.1) is 5.11 Å². The van der Waals surface area contributed by atoms with Crippen molar-refractivity contribution in [1.29, 1.82) is 0 Å². The van der Waals surface area contributed by atoms with Crippen LogP contribution < -0.4 is 0 Å². The van der Waals surface area contributed by atoms with E-state index in [1.165, 1.54) is 0 Å². The summed E-state index contributed by atoms with van der Waals surface area (Å²) in [4.78, 5) is 0. The van der Waals surface area contributed by atoms with Crippen LogP contribution in [0, 0.1) is 0 Å². The van der Waals surface area contributed by atoms with Gasteiger partial charge in [-0.25, -0.2) is 0 Å². The zero-order chi connectivity index (χ0) is 18.5. The summed E-state index contributed by atoms with van der Waals surface area (Å²) in [5.74, 6) is 0.0960. The van der Waals surface area contributed by atoms with Crippen molar-refractivity contribution in [3.05, 3.63) is 91.0 Å². The molecule has 0 unspecified atom stereocenters. The molecule has 130 valence electrons. The smallest absolute Gasteiger partial charge is 0.150 e. The molecule has 0 radical (unpaired) electrons. The summed E-state index contributed by atoms with van der Waals surface area (Å²) in [5.41, 5.74) is 2.65. The van der Waals surface area contributed by atoms with Gasteiger partial charge in [0.2, 0.25) is 0 Å². The van der Waals surface area contributed by atoms with Crippen LogP contribution in [0.3, 0.4) is 0 Å². The Hall–Kier alpha value is -3.86. The minimum Gasteiger partial charge on any atom is -0.505 e. The first-order valence-corrected chi connectivity index (χ1v) is 8.49. The van der Waals surface area contributed by atoms with E-state index in [0.717, 1.165) is 16.8 Å². The first-order chi connectivity index (χ1) is 13.3. The molecule has 4 rings (SSSR count). The van der Waals surface area contributed by atoms with Crippen LogP contribution >= 0.6 is 0 Å². The molecule has 0 aromatic heterocycles. The highest BCUT2D eigenvalue weighted by Gasteiger charge is 2.07. The first-order valence-electron chi connectivity index (χ1n) is 8.49. The number of fused-ring (bicyclic) bond motifs is 1. The fraction of sp³-hybridized carbons (Fsp3) is 0. The molecule has 0 fully saturated rings. The van der Waals surface area contributed by atoms with Crippen LogP contribution in [-0.4, -0.2) is 5.11 Å². The van der Waals surface area contributed by atoms with Gasteiger partial charge >= 0.3 is 0 Å². The summed E-state index contributed by atoms with van der Waals surface area (Å²) < 4.78 is 0. The predicted octanol–water partition coefficient (Wildman–Crippen LogP) is 7.38. The van der Waals surface area contributed by atoms with Crippen molar-refractivity contribution < 1.29 is 5.11 Å². The van der Waals surface area contributed by atoms with E-state index >= 15 is 0 Å². The Morgan fingerprint density at radius 3 is 1.78 bits per heavy atom. The molecule has 5 heteroatoms. The van der Waals surface area contributed by atoms with E-state index < -0.39 is 0 Å². The van der Waals surface area contributed by atoms with Crippen molar-refractivity contribution in [2.75, 3.05) is 0 Å². The SMILES string of the molecule is Oc1c(N=Nc2ccccc2)ccc2cc(N=Nc3ccccc3)ccc12. The molecule has 27 heavy (non-hydrogen) atoms. The number of phenolic OH excluding ortho intramolecular Hbond substituents is 1. The van der Waals surface area contributed by atoms with Gasteiger partial charge in [-0.2, -0.15) is 15.3 Å². The van der Waals surface area contributed by atoms with Crippen LogP contribution in [0.15, 0.2) is 111 Å². The molecule has 0 spiro atoms. The number of phenols is 1. The largest absolute Gasteiger partial charge is 0.505 e. The van der Waals surface area contributed by atoms with Gasteiger partial charge in [-0.05, 0) is 53.9 Å². The van der Waals surface area contributed by atoms with Crippen molar-refractivity contribution in [3.63, 3.8) is 0 Å². The first kappa shape index (κ1) is 16.6. The Labute approximate surface area is 156 Å². The Kier molecular flexibility index (Phi) is 4.66. The summed E-state index contributed by atoms with van der Waals surface area (Å²) in [6.45, 7) is 0.